The maximum atomic E-state index is 13.9. The predicted octanol–water partition coefficient (Wildman–Crippen LogP) is 3.40. The quantitative estimate of drug-likeness (QED) is 0.687. The lowest BCUT2D eigenvalue weighted by atomic mass is 9.53. The number of amides is 2. The maximum absolute atomic E-state index is 13.9. The minimum Gasteiger partial charge on any atom is -0.350 e. The molecule has 2 aromatic carbocycles. The summed E-state index contributed by atoms with van der Waals surface area (Å²) in [6.45, 7) is 6.94. The van der Waals surface area contributed by atoms with Gasteiger partial charge in [-0.05, 0) is 48.8 Å². The van der Waals surface area contributed by atoms with Crippen molar-refractivity contribution in [3.8, 4) is 0 Å². The van der Waals surface area contributed by atoms with Crippen LogP contribution in [0.1, 0.15) is 37.8 Å². The Morgan fingerprint density at radius 1 is 1.09 bits per heavy atom. The van der Waals surface area contributed by atoms with Crippen LogP contribution in [0.15, 0.2) is 60.7 Å². The molecular weight excluding hydrogens is 410 g/mol. The first kappa shape index (κ1) is 22.1. The molecule has 2 N–H and O–H groups in total. The summed E-state index contributed by atoms with van der Waals surface area (Å²) >= 11 is 0. The van der Waals surface area contributed by atoms with Gasteiger partial charge in [0.15, 0.2) is 0 Å². The summed E-state index contributed by atoms with van der Waals surface area (Å²) in [7, 11) is 0. The van der Waals surface area contributed by atoms with Crippen LogP contribution < -0.4 is 10.6 Å². The Kier molecular flexibility index (Phi) is 6.00. The lowest BCUT2D eigenvalue weighted by molar-refractivity contribution is -0.171. The number of piperidine rings is 3. The predicted molar refractivity (Wildman–Crippen MR) is 129 cm³/mol. The van der Waals surface area contributed by atoms with Crippen LogP contribution in [0.25, 0.3) is 0 Å². The molecule has 3 heterocycles. The zero-order valence-corrected chi connectivity index (χ0v) is 19.7. The van der Waals surface area contributed by atoms with Crippen molar-refractivity contribution in [2.75, 3.05) is 13.1 Å². The summed E-state index contributed by atoms with van der Waals surface area (Å²) in [6.07, 6.45) is 2.53. The molecular formula is C28H35N3O2. The van der Waals surface area contributed by atoms with E-state index in [1.54, 1.807) is 0 Å². The van der Waals surface area contributed by atoms with Crippen molar-refractivity contribution in [3.63, 3.8) is 0 Å². The molecule has 1 aliphatic carbocycles. The average molecular weight is 446 g/mol. The Hall–Kier alpha value is -2.66. The standard InChI is InChI=1S/C28H35N3O2/c1-19(2)18-31-14-13-22-16-28(27(33)29-17-21-11-7-4-8-12-21)23(15-20-9-5-3-6-10-20)25(31)24(22)26(32)30-28/h3-12,19,22-25H,13-18H2,1-2H3,(H,29,33)(H,30,32)/t22-,23+,24+,25+,28-/m0/s1. The molecule has 0 spiro atoms. The Balaban J connectivity index is 1.50. The molecule has 5 atom stereocenters. The summed E-state index contributed by atoms with van der Waals surface area (Å²) in [4.78, 5) is 29.8. The van der Waals surface area contributed by atoms with Gasteiger partial charge in [-0.1, -0.05) is 74.5 Å². The second kappa shape index (κ2) is 8.94. The molecule has 4 fully saturated rings. The van der Waals surface area contributed by atoms with Crippen LogP contribution >= 0.6 is 0 Å². The van der Waals surface area contributed by atoms with Crippen molar-refractivity contribution >= 4 is 11.8 Å². The number of nitrogens with one attached hydrogen (secondary N) is 2. The largest absolute Gasteiger partial charge is 0.350 e. The third-order valence-electron chi connectivity index (χ3n) is 7.96. The van der Waals surface area contributed by atoms with Crippen molar-refractivity contribution in [2.24, 2.45) is 23.7 Å². The minimum absolute atomic E-state index is 0.0185. The van der Waals surface area contributed by atoms with Gasteiger partial charge in [-0.2, -0.15) is 0 Å². The van der Waals surface area contributed by atoms with E-state index in [1.807, 2.05) is 36.4 Å². The molecule has 4 bridgehead atoms. The van der Waals surface area contributed by atoms with Gasteiger partial charge in [0.05, 0.1) is 5.92 Å². The van der Waals surface area contributed by atoms with Gasteiger partial charge in [-0.15, -0.1) is 0 Å². The molecule has 5 nitrogen and oxygen atoms in total. The van der Waals surface area contributed by atoms with E-state index in [-0.39, 0.29) is 35.6 Å². The SMILES string of the molecule is CC(C)CN1CC[C@H]2C[C@]3(C(=O)NCc4ccccc4)NC(=O)[C@H]2[C@H]1[C@H]3Cc1ccccc1. The molecule has 6 rings (SSSR count). The maximum Gasteiger partial charge on any atom is 0.246 e. The van der Waals surface area contributed by atoms with E-state index >= 15 is 0 Å². The number of likely N-dealkylation sites (tertiary alicyclic amines) is 1. The Morgan fingerprint density at radius 3 is 2.42 bits per heavy atom. The van der Waals surface area contributed by atoms with Gasteiger partial charge in [-0.3, -0.25) is 14.5 Å². The van der Waals surface area contributed by atoms with Gasteiger partial charge < -0.3 is 10.6 Å². The van der Waals surface area contributed by atoms with Crippen LogP contribution in [0.3, 0.4) is 0 Å². The van der Waals surface area contributed by atoms with E-state index < -0.39 is 5.54 Å². The number of carbonyl (C=O) groups is 2. The fourth-order valence-corrected chi connectivity index (χ4v) is 6.67. The van der Waals surface area contributed by atoms with Gasteiger partial charge in [0.2, 0.25) is 11.8 Å². The molecule has 2 amide bonds. The third kappa shape index (κ3) is 4.08. The summed E-state index contributed by atoms with van der Waals surface area (Å²) in [6, 6.07) is 20.5. The molecule has 174 valence electrons. The monoisotopic (exact) mass is 445 g/mol. The Labute approximate surface area is 196 Å². The number of hydrogen-bond donors (Lipinski definition) is 2. The fraction of sp³-hybridized carbons (Fsp3) is 0.500. The third-order valence-corrected chi connectivity index (χ3v) is 7.96. The Morgan fingerprint density at radius 2 is 1.76 bits per heavy atom. The molecule has 0 radical (unpaired) electrons. The van der Waals surface area contributed by atoms with Crippen LogP contribution in [-0.4, -0.2) is 41.4 Å². The van der Waals surface area contributed by atoms with E-state index in [2.05, 4.69) is 53.6 Å². The summed E-state index contributed by atoms with van der Waals surface area (Å²) in [5, 5.41) is 6.45. The zero-order chi connectivity index (χ0) is 23.0. The summed E-state index contributed by atoms with van der Waals surface area (Å²) < 4.78 is 0. The van der Waals surface area contributed by atoms with Gasteiger partial charge in [0, 0.05) is 25.0 Å². The number of fused-ring (bicyclic) bond motifs is 1. The smallest absolute Gasteiger partial charge is 0.246 e. The first-order valence-electron chi connectivity index (χ1n) is 12.4. The van der Waals surface area contributed by atoms with Gasteiger partial charge in [-0.25, -0.2) is 0 Å². The van der Waals surface area contributed by atoms with Crippen LogP contribution in [0.5, 0.6) is 0 Å². The van der Waals surface area contributed by atoms with E-state index in [0.717, 1.165) is 37.9 Å². The number of hydrogen-bond acceptors (Lipinski definition) is 3. The second-order valence-electron chi connectivity index (χ2n) is 10.6. The number of rotatable bonds is 7. The van der Waals surface area contributed by atoms with Crippen LogP contribution in [0.2, 0.25) is 0 Å². The highest BCUT2D eigenvalue weighted by atomic mass is 16.2. The average Bonchev–Trinajstić information content (AvgIpc) is 2.82. The highest BCUT2D eigenvalue weighted by Crippen LogP contribution is 2.52. The van der Waals surface area contributed by atoms with Crippen LogP contribution in [0, 0.1) is 23.7 Å². The highest BCUT2D eigenvalue weighted by Gasteiger charge is 2.66. The summed E-state index contributed by atoms with van der Waals surface area (Å²) in [5.41, 5.74) is 1.44. The molecule has 0 unspecified atom stereocenters. The zero-order valence-electron chi connectivity index (χ0n) is 19.7. The lowest BCUT2D eigenvalue weighted by Gasteiger charge is -2.63. The van der Waals surface area contributed by atoms with Gasteiger partial charge in [0.1, 0.15) is 5.54 Å². The van der Waals surface area contributed by atoms with Crippen molar-refractivity contribution < 1.29 is 9.59 Å². The first-order chi connectivity index (χ1) is 16.0. The topological polar surface area (TPSA) is 61.4 Å². The number of carbonyl (C=O) groups excluding carboxylic acids is 2. The minimum atomic E-state index is -0.860. The molecule has 3 saturated heterocycles. The molecule has 3 aliphatic heterocycles. The normalized spacial score (nSPS) is 30.8. The highest BCUT2D eigenvalue weighted by molar-refractivity contribution is 5.96. The Bertz CT molecular complexity index is 993. The molecule has 4 aliphatic rings. The molecule has 2 aromatic rings. The van der Waals surface area contributed by atoms with Crippen LogP contribution in [-0.2, 0) is 22.6 Å². The van der Waals surface area contributed by atoms with Gasteiger partial charge in [0.25, 0.3) is 0 Å². The van der Waals surface area contributed by atoms with E-state index in [4.69, 9.17) is 0 Å². The van der Waals surface area contributed by atoms with E-state index in [9.17, 15) is 9.59 Å². The molecule has 1 saturated carbocycles. The fourth-order valence-electron chi connectivity index (χ4n) is 6.67. The van der Waals surface area contributed by atoms with Crippen LogP contribution in [0.4, 0.5) is 0 Å². The van der Waals surface area contributed by atoms with Crippen molar-refractivity contribution in [3.05, 3.63) is 71.8 Å². The van der Waals surface area contributed by atoms with Crippen molar-refractivity contribution in [1.82, 2.24) is 15.5 Å². The first-order valence-corrected chi connectivity index (χ1v) is 12.4. The van der Waals surface area contributed by atoms with Crippen molar-refractivity contribution in [1.29, 1.82) is 0 Å². The lowest BCUT2D eigenvalue weighted by Crippen LogP contribution is -2.80. The van der Waals surface area contributed by atoms with Gasteiger partial charge >= 0.3 is 0 Å². The molecule has 0 aromatic heterocycles. The van der Waals surface area contributed by atoms with E-state index in [0.29, 0.717) is 12.5 Å². The molecule has 33 heavy (non-hydrogen) atoms. The van der Waals surface area contributed by atoms with E-state index in [1.165, 1.54) is 5.56 Å². The second-order valence-corrected chi connectivity index (χ2v) is 10.6. The summed E-state index contributed by atoms with van der Waals surface area (Å²) in [5.74, 6) is 0.875. The van der Waals surface area contributed by atoms with Crippen molar-refractivity contribution in [2.45, 2.75) is 51.2 Å². The molecule has 5 heteroatoms. The number of benzene rings is 2. The number of nitrogens with zero attached hydrogens (tertiary/aromatic N) is 1.